The van der Waals surface area contributed by atoms with Crippen LogP contribution in [0.25, 0.3) is 0 Å². The lowest BCUT2D eigenvalue weighted by atomic mass is 10.1. The van der Waals surface area contributed by atoms with Crippen molar-refractivity contribution in [3.05, 3.63) is 29.8 Å². The normalized spacial score (nSPS) is 25.7. The van der Waals surface area contributed by atoms with Crippen molar-refractivity contribution in [1.82, 2.24) is 9.62 Å². The van der Waals surface area contributed by atoms with Crippen LogP contribution in [0.15, 0.2) is 29.2 Å². The standard InChI is InChI=1S/C15H24N2O2S2/c1-11-9-17(10-12(2)20-11)21(18,19)15-7-5-6-14(8-15)13(3)16-4/h5-8,11-13,16H,9-10H2,1-4H3. The molecule has 0 aromatic heterocycles. The molecule has 21 heavy (non-hydrogen) atoms. The van der Waals surface area contributed by atoms with E-state index in [2.05, 4.69) is 19.2 Å². The summed E-state index contributed by atoms with van der Waals surface area (Å²) in [5.74, 6) is 0. The van der Waals surface area contributed by atoms with E-state index in [0.29, 0.717) is 28.5 Å². The van der Waals surface area contributed by atoms with E-state index in [-0.39, 0.29) is 6.04 Å². The smallest absolute Gasteiger partial charge is 0.243 e. The van der Waals surface area contributed by atoms with Gasteiger partial charge in [-0.05, 0) is 31.7 Å². The number of sulfonamides is 1. The van der Waals surface area contributed by atoms with Crippen LogP contribution < -0.4 is 5.32 Å². The van der Waals surface area contributed by atoms with Crippen molar-refractivity contribution in [2.24, 2.45) is 0 Å². The van der Waals surface area contributed by atoms with E-state index in [1.807, 2.05) is 37.9 Å². The summed E-state index contributed by atoms with van der Waals surface area (Å²) in [5, 5.41) is 3.81. The van der Waals surface area contributed by atoms with Crippen molar-refractivity contribution in [1.29, 1.82) is 0 Å². The molecule has 4 nitrogen and oxygen atoms in total. The zero-order chi connectivity index (χ0) is 15.6. The van der Waals surface area contributed by atoms with Gasteiger partial charge in [0.25, 0.3) is 0 Å². The monoisotopic (exact) mass is 328 g/mol. The van der Waals surface area contributed by atoms with Crippen molar-refractivity contribution in [2.45, 2.75) is 42.2 Å². The lowest BCUT2D eigenvalue weighted by Crippen LogP contribution is -2.43. The first kappa shape index (κ1) is 16.8. The number of benzene rings is 1. The minimum absolute atomic E-state index is 0.134. The Bertz CT molecular complexity index is 579. The summed E-state index contributed by atoms with van der Waals surface area (Å²) in [6, 6.07) is 7.39. The quantitative estimate of drug-likeness (QED) is 0.922. The molecule has 1 aliphatic heterocycles. The molecular formula is C15H24N2O2S2. The maximum absolute atomic E-state index is 12.8. The van der Waals surface area contributed by atoms with Crippen LogP contribution in [-0.4, -0.2) is 43.4 Å². The molecule has 1 saturated heterocycles. The summed E-state index contributed by atoms with van der Waals surface area (Å²) < 4.78 is 27.3. The highest BCUT2D eigenvalue weighted by Gasteiger charge is 2.32. The Balaban J connectivity index is 2.31. The van der Waals surface area contributed by atoms with Crippen LogP contribution in [0.2, 0.25) is 0 Å². The summed E-state index contributed by atoms with van der Waals surface area (Å²) in [6.07, 6.45) is 0. The minimum atomic E-state index is -3.40. The number of nitrogens with zero attached hydrogens (tertiary/aromatic N) is 1. The van der Waals surface area contributed by atoms with E-state index in [4.69, 9.17) is 0 Å². The van der Waals surface area contributed by atoms with Crippen LogP contribution in [0.4, 0.5) is 0 Å². The van der Waals surface area contributed by atoms with Crippen molar-refractivity contribution in [3.8, 4) is 0 Å². The maximum atomic E-state index is 12.8. The van der Waals surface area contributed by atoms with Gasteiger partial charge in [-0.25, -0.2) is 8.42 Å². The first-order valence-corrected chi connectivity index (χ1v) is 9.65. The fourth-order valence-corrected chi connectivity index (χ4v) is 5.77. The molecular weight excluding hydrogens is 304 g/mol. The third-order valence-electron chi connectivity index (χ3n) is 3.81. The Morgan fingerprint density at radius 3 is 2.48 bits per heavy atom. The van der Waals surface area contributed by atoms with Gasteiger partial charge in [-0.1, -0.05) is 26.0 Å². The zero-order valence-electron chi connectivity index (χ0n) is 13.0. The Hall–Kier alpha value is -0.560. The second-order valence-corrected chi connectivity index (χ2v) is 9.48. The first-order chi connectivity index (χ1) is 9.84. The van der Waals surface area contributed by atoms with E-state index in [1.165, 1.54) is 0 Å². The number of hydrogen-bond donors (Lipinski definition) is 1. The molecule has 0 spiro atoms. The average molecular weight is 329 g/mol. The number of nitrogens with one attached hydrogen (secondary N) is 1. The summed E-state index contributed by atoms with van der Waals surface area (Å²) in [6.45, 7) is 7.37. The van der Waals surface area contributed by atoms with Gasteiger partial charge in [0.15, 0.2) is 0 Å². The third-order valence-corrected chi connectivity index (χ3v) is 6.87. The highest BCUT2D eigenvalue weighted by Crippen LogP contribution is 2.29. The Labute approximate surface area is 132 Å². The van der Waals surface area contributed by atoms with Crippen LogP contribution in [0.5, 0.6) is 0 Å². The predicted molar refractivity (Wildman–Crippen MR) is 89.2 cm³/mol. The molecule has 0 aliphatic carbocycles. The van der Waals surface area contributed by atoms with Crippen LogP contribution in [0.3, 0.4) is 0 Å². The van der Waals surface area contributed by atoms with Crippen LogP contribution in [0, 0.1) is 0 Å². The molecule has 118 valence electrons. The molecule has 0 bridgehead atoms. The largest absolute Gasteiger partial charge is 0.313 e. The third kappa shape index (κ3) is 3.80. The molecule has 0 amide bonds. The molecule has 6 heteroatoms. The van der Waals surface area contributed by atoms with Crippen molar-refractivity contribution < 1.29 is 8.42 Å². The van der Waals surface area contributed by atoms with Crippen LogP contribution in [0.1, 0.15) is 32.4 Å². The second kappa shape index (κ2) is 6.69. The summed E-state index contributed by atoms with van der Waals surface area (Å²) in [5.41, 5.74) is 0.992. The summed E-state index contributed by atoms with van der Waals surface area (Å²) in [7, 11) is -1.53. The van der Waals surface area contributed by atoms with Gasteiger partial charge in [0.1, 0.15) is 0 Å². The van der Waals surface area contributed by atoms with Gasteiger partial charge in [0, 0.05) is 29.6 Å². The molecule has 1 aromatic carbocycles. The van der Waals surface area contributed by atoms with Crippen molar-refractivity contribution >= 4 is 21.8 Å². The lowest BCUT2D eigenvalue weighted by Gasteiger charge is -2.33. The SMILES string of the molecule is CNC(C)c1cccc(S(=O)(=O)N2CC(C)SC(C)C2)c1. The second-order valence-electron chi connectivity index (χ2n) is 5.66. The highest BCUT2D eigenvalue weighted by atomic mass is 32.2. The van der Waals surface area contributed by atoms with Gasteiger partial charge in [-0.2, -0.15) is 16.1 Å². The molecule has 1 fully saturated rings. The van der Waals surface area contributed by atoms with Crippen molar-refractivity contribution in [3.63, 3.8) is 0 Å². The van der Waals surface area contributed by atoms with Gasteiger partial charge in [0.05, 0.1) is 4.90 Å². The van der Waals surface area contributed by atoms with E-state index in [1.54, 1.807) is 16.4 Å². The van der Waals surface area contributed by atoms with Gasteiger partial charge in [0.2, 0.25) is 10.0 Å². The van der Waals surface area contributed by atoms with Crippen LogP contribution in [-0.2, 0) is 10.0 Å². The molecule has 0 radical (unpaired) electrons. The van der Waals surface area contributed by atoms with Gasteiger partial charge in [-0.3, -0.25) is 0 Å². The molecule has 3 unspecified atom stereocenters. The van der Waals surface area contributed by atoms with Crippen molar-refractivity contribution in [2.75, 3.05) is 20.1 Å². The van der Waals surface area contributed by atoms with E-state index in [9.17, 15) is 8.42 Å². The van der Waals surface area contributed by atoms with E-state index >= 15 is 0 Å². The fourth-order valence-electron chi connectivity index (χ4n) is 2.59. The molecule has 1 aromatic rings. The van der Waals surface area contributed by atoms with Gasteiger partial charge < -0.3 is 5.32 Å². The zero-order valence-corrected chi connectivity index (χ0v) is 14.7. The molecule has 1 aliphatic rings. The van der Waals surface area contributed by atoms with E-state index in [0.717, 1.165) is 5.56 Å². The minimum Gasteiger partial charge on any atom is -0.313 e. The maximum Gasteiger partial charge on any atom is 0.243 e. The number of thioether (sulfide) groups is 1. The summed E-state index contributed by atoms with van der Waals surface area (Å²) in [4.78, 5) is 0.397. The molecule has 2 rings (SSSR count). The Morgan fingerprint density at radius 1 is 1.29 bits per heavy atom. The lowest BCUT2D eigenvalue weighted by molar-refractivity contribution is 0.404. The van der Waals surface area contributed by atoms with E-state index < -0.39 is 10.0 Å². The molecule has 1 N–H and O–H groups in total. The molecule has 0 saturated carbocycles. The van der Waals surface area contributed by atoms with Crippen LogP contribution >= 0.6 is 11.8 Å². The molecule has 1 heterocycles. The first-order valence-electron chi connectivity index (χ1n) is 7.27. The predicted octanol–water partition coefficient (Wildman–Crippen LogP) is 2.48. The average Bonchev–Trinajstić information content (AvgIpc) is 2.45. The Kier molecular flexibility index (Phi) is 5.35. The topological polar surface area (TPSA) is 49.4 Å². The summed E-state index contributed by atoms with van der Waals surface area (Å²) >= 11 is 1.85. The number of rotatable bonds is 4. The Morgan fingerprint density at radius 2 is 1.90 bits per heavy atom. The van der Waals surface area contributed by atoms with Gasteiger partial charge in [-0.15, -0.1) is 0 Å². The van der Waals surface area contributed by atoms with Gasteiger partial charge >= 0.3 is 0 Å². The fraction of sp³-hybridized carbons (Fsp3) is 0.600. The number of hydrogen-bond acceptors (Lipinski definition) is 4. The highest BCUT2D eigenvalue weighted by molar-refractivity contribution is 8.00. The molecule has 3 atom stereocenters.